The maximum Gasteiger partial charge on any atom is 0.194 e. The van der Waals surface area contributed by atoms with E-state index in [-0.39, 0.29) is 27.7 Å². The fraction of sp³-hybridized carbons (Fsp3) is 0.0714. The summed E-state index contributed by atoms with van der Waals surface area (Å²) in [6, 6.07) is 8.65. The van der Waals surface area contributed by atoms with Gasteiger partial charge in [-0.05, 0) is 30.3 Å². The van der Waals surface area contributed by atoms with Gasteiger partial charge in [-0.2, -0.15) is 0 Å². The Kier molecular flexibility index (Phi) is 4.08. The fourth-order valence-electron chi connectivity index (χ4n) is 1.64. The molecule has 0 aliphatic heterocycles. The second kappa shape index (κ2) is 5.59. The van der Waals surface area contributed by atoms with Crippen molar-refractivity contribution in [1.82, 2.24) is 0 Å². The lowest BCUT2D eigenvalue weighted by Gasteiger charge is -2.07. The Bertz CT molecular complexity index is 641. The molecule has 0 atom stereocenters. The summed E-state index contributed by atoms with van der Waals surface area (Å²) >= 11 is 11.8. The molecule has 0 radical (unpaired) electrons. The van der Waals surface area contributed by atoms with Gasteiger partial charge in [0.05, 0.1) is 17.2 Å². The first-order valence-corrected chi connectivity index (χ1v) is 6.12. The fourth-order valence-corrected chi connectivity index (χ4v) is 2.02. The summed E-state index contributed by atoms with van der Waals surface area (Å²) in [6.07, 6.45) is 0. The van der Waals surface area contributed by atoms with Gasteiger partial charge < -0.3 is 4.74 Å². The number of carbonyl (C=O) groups excluding carboxylic acids is 1. The average molecular weight is 299 g/mol. The first-order chi connectivity index (χ1) is 9.04. The number of hydrogen-bond donors (Lipinski definition) is 0. The third kappa shape index (κ3) is 2.72. The molecule has 5 heteroatoms. The van der Waals surface area contributed by atoms with E-state index in [0.29, 0.717) is 5.02 Å². The van der Waals surface area contributed by atoms with Crippen LogP contribution in [0.3, 0.4) is 0 Å². The Morgan fingerprint density at radius 2 is 1.95 bits per heavy atom. The zero-order chi connectivity index (χ0) is 14.0. The van der Waals surface area contributed by atoms with Crippen molar-refractivity contribution < 1.29 is 13.9 Å². The third-order valence-corrected chi connectivity index (χ3v) is 3.43. The van der Waals surface area contributed by atoms with Crippen LogP contribution in [0.25, 0.3) is 0 Å². The number of benzene rings is 2. The number of hydrogen-bond acceptors (Lipinski definition) is 2. The Hall–Kier alpha value is -1.58. The van der Waals surface area contributed by atoms with Gasteiger partial charge in [-0.15, -0.1) is 0 Å². The monoisotopic (exact) mass is 298 g/mol. The molecule has 2 nitrogen and oxygen atoms in total. The van der Waals surface area contributed by atoms with E-state index in [1.165, 1.54) is 25.3 Å². The van der Waals surface area contributed by atoms with Gasteiger partial charge in [0.15, 0.2) is 17.3 Å². The van der Waals surface area contributed by atoms with E-state index in [0.717, 1.165) is 0 Å². The first kappa shape index (κ1) is 13.8. The lowest BCUT2D eigenvalue weighted by Crippen LogP contribution is -2.03. The predicted molar refractivity (Wildman–Crippen MR) is 72.8 cm³/mol. The highest BCUT2D eigenvalue weighted by Gasteiger charge is 2.16. The molecule has 2 aromatic carbocycles. The van der Waals surface area contributed by atoms with Gasteiger partial charge in [-0.25, -0.2) is 4.39 Å². The van der Waals surface area contributed by atoms with Gasteiger partial charge >= 0.3 is 0 Å². The highest BCUT2D eigenvalue weighted by Crippen LogP contribution is 2.28. The van der Waals surface area contributed by atoms with Crippen molar-refractivity contribution >= 4 is 29.0 Å². The molecule has 0 heterocycles. The van der Waals surface area contributed by atoms with Crippen LogP contribution in [0.4, 0.5) is 4.39 Å². The summed E-state index contributed by atoms with van der Waals surface area (Å²) < 4.78 is 18.1. The van der Waals surface area contributed by atoms with E-state index in [1.807, 2.05) is 0 Å². The highest BCUT2D eigenvalue weighted by molar-refractivity contribution is 6.44. The summed E-state index contributed by atoms with van der Waals surface area (Å²) in [6.45, 7) is 0. The summed E-state index contributed by atoms with van der Waals surface area (Å²) in [5.41, 5.74) is 0.547. The zero-order valence-electron chi connectivity index (χ0n) is 9.91. The second-order valence-electron chi connectivity index (χ2n) is 3.78. The number of carbonyl (C=O) groups is 1. The van der Waals surface area contributed by atoms with Gasteiger partial charge in [-0.1, -0.05) is 29.3 Å². The molecule has 0 bridgehead atoms. The summed E-state index contributed by atoms with van der Waals surface area (Å²) in [5, 5.41) is 0.471. The predicted octanol–water partition coefficient (Wildman–Crippen LogP) is 4.37. The largest absolute Gasteiger partial charge is 0.494 e. The average Bonchev–Trinajstić information content (AvgIpc) is 2.41. The highest BCUT2D eigenvalue weighted by atomic mass is 35.5. The maximum atomic E-state index is 13.3. The maximum absolute atomic E-state index is 13.3. The minimum absolute atomic E-state index is 0.00370. The van der Waals surface area contributed by atoms with E-state index in [9.17, 15) is 9.18 Å². The van der Waals surface area contributed by atoms with Crippen LogP contribution in [-0.4, -0.2) is 12.9 Å². The van der Waals surface area contributed by atoms with Crippen molar-refractivity contribution in [3.05, 3.63) is 63.4 Å². The Morgan fingerprint density at radius 1 is 1.21 bits per heavy atom. The quantitative estimate of drug-likeness (QED) is 0.787. The van der Waals surface area contributed by atoms with Crippen LogP contribution in [-0.2, 0) is 0 Å². The van der Waals surface area contributed by atoms with Crippen molar-refractivity contribution in [2.45, 2.75) is 0 Å². The summed E-state index contributed by atoms with van der Waals surface area (Å²) in [7, 11) is 1.33. The van der Waals surface area contributed by atoms with Gasteiger partial charge in [0.25, 0.3) is 0 Å². The number of rotatable bonds is 3. The van der Waals surface area contributed by atoms with Crippen LogP contribution in [0.2, 0.25) is 10.0 Å². The first-order valence-electron chi connectivity index (χ1n) is 5.37. The standard InChI is InChI=1S/C14H9Cl2FO2/c1-19-12-7-8(5-6-11(12)17)14(18)9-3-2-4-10(15)13(9)16/h2-7H,1H3. The Labute approximate surface area is 119 Å². The third-order valence-electron chi connectivity index (χ3n) is 2.61. The van der Waals surface area contributed by atoms with E-state index >= 15 is 0 Å². The molecule has 2 aromatic rings. The minimum atomic E-state index is -0.531. The molecule has 0 spiro atoms. The topological polar surface area (TPSA) is 26.3 Å². The van der Waals surface area contributed by atoms with Crippen LogP contribution in [0.15, 0.2) is 36.4 Å². The van der Waals surface area contributed by atoms with E-state index < -0.39 is 5.82 Å². The van der Waals surface area contributed by atoms with Gasteiger partial charge in [0.2, 0.25) is 0 Å². The molecule has 0 unspecified atom stereocenters. The molecule has 0 aliphatic carbocycles. The Balaban J connectivity index is 2.47. The van der Waals surface area contributed by atoms with Gasteiger partial charge in [0.1, 0.15) is 0 Å². The Morgan fingerprint density at radius 3 is 2.63 bits per heavy atom. The van der Waals surface area contributed by atoms with Crippen molar-refractivity contribution in [3.8, 4) is 5.75 Å². The van der Waals surface area contributed by atoms with Crippen molar-refractivity contribution in [1.29, 1.82) is 0 Å². The van der Waals surface area contributed by atoms with Crippen LogP contribution in [0, 0.1) is 5.82 Å². The zero-order valence-corrected chi connectivity index (χ0v) is 11.4. The molecule has 0 N–H and O–H groups in total. The summed E-state index contributed by atoms with van der Waals surface area (Å²) in [4.78, 5) is 12.3. The van der Waals surface area contributed by atoms with E-state index in [1.54, 1.807) is 18.2 Å². The number of ketones is 1. The van der Waals surface area contributed by atoms with Crippen LogP contribution >= 0.6 is 23.2 Å². The van der Waals surface area contributed by atoms with Crippen molar-refractivity contribution in [2.75, 3.05) is 7.11 Å². The number of methoxy groups -OCH3 is 1. The molecule has 0 amide bonds. The molecule has 0 saturated heterocycles. The van der Waals surface area contributed by atoms with Crippen molar-refractivity contribution in [2.24, 2.45) is 0 Å². The molecule has 0 saturated carbocycles. The van der Waals surface area contributed by atoms with Crippen molar-refractivity contribution in [3.63, 3.8) is 0 Å². The normalized spacial score (nSPS) is 10.3. The SMILES string of the molecule is COc1cc(C(=O)c2cccc(Cl)c2Cl)ccc1F. The molecule has 2 rings (SSSR count). The van der Waals surface area contributed by atoms with E-state index in [4.69, 9.17) is 27.9 Å². The summed E-state index contributed by atoms with van der Waals surface area (Å²) in [5.74, 6) is -0.869. The lowest BCUT2D eigenvalue weighted by molar-refractivity contribution is 0.103. The van der Waals surface area contributed by atoms with Gasteiger partial charge in [-0.3, -0.25) is 4.79 Å². The molecule has 0 aromatic heterocycles. The minimum Gasteiger partial charge on any atom is -0.494 e. The van der Waals surface area contributed by atoms with Crippen LogP contribution < -0.4 is 4.74 Å². The smallest absolute Gasteiger partial charge is 0.194 e. The molecule has 98 valence electrons. The van der Waals surface area contributed by atoms with Crippen LogP contribution in [0.5, 0.6) is 5.75 Å². The lowest BCUT2D eigenvalue weighted by atomic mass is 10.0. The number of ether oxygens (including phenoxy) is 1. The molecular formula is C14H9Cl2FO2. The molecule has 0 aliphatic rings. The molecule has 19 heavy (non-hydrogen) atoms. The molecule has 0 fully saturated rings. The van der Waals surface area contributed by atoms with Crippen LogP contribution in [0.1, 0.15) is 15.9 Å². The number of halogens is 3. The second-order valence-corrected chi connectivity index (χ2v) is 4.56. The molecular weight excluding hydrogens is 290 g/mol. The van der Waals surface area contributed by atoms with Gasteiger partial charge in [0, 0.05) is 11.1 Å². The van der Waals surface area contributed by atoms with E-state index in [2.05, 4.69) is 0 Å².